The van der Waals surface area contributed by atoms with E-state index >= 15 is 0 Å². The molecule has 1 aliphatic rings. The van der Waals surface area contributed by atoms with Crippen molar-refractivity contribution in [1.82, 2.24) is 9.55 Å². The van der Waals surface area contributed by atoms with Crippen LogP contribution in [0.15, 0.2) is 41.8 Å². The lowest BCUT2D eigenvalue weighted by atomic mass is 10.2. The number of rotatable bonds is 6. The third-order valence-corrected chi connectivity index (χ3v) is 5.85. The molecule has 3 heterocycles. The maximum atomic E-state index is 5.82. The largest absolute Gasteiger partial charge is 0.376 e. The highest BCUT2D eigenvalue weighted by atomic mass is 32.1. The van der Waals surface area contributed by atoms with Crippen molar-refractivity contribution in [2.24, 2.45) is 0 Å². The highest BCUT2D eigenvalue weighted by Crippen LogP contribution is 2.31. The van der Waals surface area contributed by atoms with Crippen LogP contribution in [0.1, 0.15) is 29.8 Å². The summed E-state index contributed by atoms with van der Waals surface area (Å²) in [5.74, 6) is 0. The Morgan fingerprint density at radius 3 is 2.88 bits per heavy atom. The number of aryl methyl sites for hydroxylation is 1. The summed E-state index contributed by atoms with van der Waals surface area (Å²) in [4.78, 5) is 4.81. The minimum Gasteiger partial charge on any atom is -0.376 e. The van der Waals surface area contributed by atoms with Crippen molar-refractivity contribution >= 4 is 16.5 Å². The average molecular weight is 368 g/mol. The maximum absolute atomic E-state index is 5.82. The van der Waals surface area contributed by atoms with Gasteiger partial charge in [-0.2, -0.15) is 0 Å². The zero-order chi connectivity index (χ0) is 17.9. The summed E-state index contributed by atoms with van der Waals surface area (Å²) in [6, 6.07) is 12.7. The molecule has 3 aromatic rings. The predicted octanol–water partition coefficient (Wildman–Crippen LogP) is 5.02. The molecule has 4 nitrogen and oxygen atoms in total. The van der Waals surface area contributed by atoms with Crippen molar-refractivity contribution in [3.8, 4) is 11.3 Å². The Hall–Kier alpha value is -2.11. The van der Waals surface area contributed by atoms with Gasteiger partial charge in [-0.15, -0.1) is 11.3 Å². The average Bonchev–Trinajstić information content (AvgIpc) is 3.39. The summed E-state index contributed by atoms with van der Waals surface area (Å²) in [7, 11) is 0. The van der Waals surface area contributed by atoms with E-state index in [0.29, 0.717) is 6.10 Å². The summed E-state index contributed by atoms with van der Waals surface area (Å²) >= 11 is 1.66. The second kappa shape index (κ2) is 7.64. The molecule has 0 unspecified atom stereocenters. The maximum Gasteiger partial charge on any atom is 0.183 e. The lowest BCUT2D eigenvalue weighted by molar-refractivity contribution is 0.0962. The first-order valence-electron chi connectivity index (χ1n) is 9.23. The Bertz CT molecular complexity index is 863. The van der Waals surface area contributed by atoms with Crippen LogP contribution < -0.4 is 5.32 Å². The van der Waals surface area contributed by atoms with Gasteiger partial charge in [-0.3, -0.25) is 0 Å². The molecule has 1 aliphatic heterocycles. The predicted molar refractivity (Wildman–Crippen MR) is 108 cm³/mol. The zero-order valence-corrected chi connectivity index (χ0v) is 16.2. The lowest BCUT2D eigenvalue weighted by Crippen LogP contribution is -2.16. The third-order valence-electron chi connectivity index (χ3n) is 5.05. The fourth-order valence-electron chi connectivity index (χ4n) is 3.59. The lowest BCUT2D eigenvalue weighted by Gasteiger charge is -2.14. The molecule has 1 saturated heterocycles. The highest BCUT2D eigenvalue weighted by Gasteiger charge is 2.20. The monoisotopic (exact) mass is 367 g/mol. The minimum atomic E-state index is 0.353. The van der Waals surface area contributed by atoms with E-state index in [-0.39, 0.29) is 0 Å². The molecular weight excluding hydrogens is 342 g/mol. The van der Waals surface area contributed by atoms with Gasteiger partial charge in [0.1, 0.15) is 0 Å². The molecule has 0 saturated carbocycles. The van der Waals surface area contributed by atoms with Crippen molar-refractivity contribution in [3.05, 3.63) is 58.7 Å². The second-order valence-corrected chi connectivity index (χ2v) is 7.77. The number of aromatic nitrogens is 2. The quantitative estimate of drug-likeness (QED) is 0.665. The van der Waals surface area contributed by atoms with Gasteiger partial charge in [0.15, 0.2) is 5.13 Å². The molecule has 1 aromatic carbocycles. The standard InChI is InChI=1S/C21H25N3OS/c1-15-11-19(16(2)24(15)13-18-9-6-10-25-18)20-14-26-21(23-20)22-12-17-7-4-3-5-8-17/h3-5,7-8,11,14,18H,6,9-10,12-13H2,1-2H3,(H,22,23)/t18-/m0/s1. The zero-order valence-electron chi connectivity index (χ0n) is 15.4. The number of hydrogen-bond acceptors (Lipinski definition) is 4. The first kappa shape index (κ1) is 17.3. The van der Waals surface area contributed by atoms with Crippen molar-refractivity contribution in [2.75, 3.05) is 11.9 Å². The molecular formula is C21H25N3OS. The van der Waals surface area contributed by atoms with Crippen LogP contribution in [0.2, 0.25) is 0 Å². The number of anilines is 1. The van der Waals surface area contributed by atoms with Crippen LogP contribution in [0.4, 0.5) is 5.13 Å². The first-order chi connectivity index (χ1) is 12.7. The van der Waals surface area contributed by atoms with Crippen molar-refractivity contribution in [2.45, 2.75) is 45.9 Å². The van der Waals surface area contributed by atoms with E-state index in [4.69, 9.17) is 9.72 Å². The Kier molecular flexibility index (Phi) is 5.09. The van der Waals surface area contributed by atoms with Gasteiger partial charge < -0.3 is 14.6 Å². The van der Waals surface area contributed by atoms with Crippen LogP contribution in [0, 0.1) is 13.8 Å². The van der Waals surface area contributed by atoms with Gasteiger partial charge in [0.2, 0.25) is 0 Å². The molecule has 136 valence electrons. The number of thiazole rings is 1. The van der Waals surface area contributed by atoms with Crippen LogP contribution in [0.5, 0.6) is 0 Å². The Morgan fingerprint density at radius 1 is 1.27 bits per heavy atom. The van der Waals surface area contributed by atoms with Gasteiger partial charge in [-0.25, -0.2) is 4.98 Å². The van der Waals surface area contributed by atoms with Crippen molar-refractivity contribution < 1.29 is 4.74 Å². The normalized spacial score (nSPS) is 16.9. The van der Waals surface area contributed by atoms with E-state index < -0.39 is 0 Å². The molecule has 0 radical (unpaired) electrons. The third kappa shape index (κ3) is 3.69. The van der Waals surface area contributed by atoms with E-state index in [1.807, 2.05) is 6.07 Å². The van der Waals surface area contributed by atoms with Gasteiger partial charge in [0.25, 0.3) is 0 Å². The number of benzene rings is 1. The molecule has 2 aromatic heterocycles. The Labute approximate surface area is 158 Å². The topological polar surface area (TPSA) is 39.1 Å². The van der Waals surface area contributed by atoms with Gasteiger partial charge in [-0.1, -0.05) is 30.3 Å². The molecule has 1 atom stereocenters. The van der Waals surface area contributed by atoms with Gasteiger partial charge in [0, 0.05) is 42.0 Å². The molecule has 0 amide bonds. The molecule has 5 heteroatoms. The minimum absolute atomic E-state index is 0.353. The summed E-state index contributed by atoms with van der Waals surface area (Å²) in [6.07, 6.45) is 2.70. The fourth-order valence-corrected chi connectivity index (χ4v) is 4.30. The number of nitrogens with one attached hydrogen (secondary N) is 1. The van der Waals surface area contributed by atoms with Crippen LogP contribution in [0.25, 0.3) is 11.3 Å². The number of nitrogens with zero attached hydrogens (tertiary/aromatic N) is 2. The molecule has 1 fully saturated rings. The Balaban J connectivity index is 1.48. The molecule has 0 aliphatic carbocycles. The summed E-state index contributed by atoms with van der Waals surface area (Å²) in [5.41, 5.74) is 6.10. The van der Waals surface area contributed by atoms with E-state index in [2.05, 4.69) is 59.4 Å². The Morgan fingerprint density at radius 2 is 2.12 bits per heavy atom. The smallest absolute Gasteiger partial charge is 0.183 e. The van der Waals surface area contributed by atoms with E-state index in [0.717, 1.165) is 36.9 Å². The van der Waals surface area contributed by atoms with Gasteiger partial charge in [0.05, 0.1) is 11.8 Å². The fraction of sp³-hybridized carbons (Fsp3) is 0.381. The van der Waals surface area contributed by atoms with Crippen LogP contribution in [-0.4, -0.2) is 22.3 Å². The number of ether oxygens (including phenoxy) is 1. The van der Waals surface area contributed by atoms with Gasteiger partial charge >= 0.3 is 0 Å². The van der Waals surface area contributed by atoms with Crippen LogP contribution in [0.3, 0.4) is 0 Å². The molecule has 1 N–H and O–H groups in total. The SMILES string of the molecule is Cc1cc(-c2csc(NCc3ccccc3)n2)c(C)n1C[C@@H]1CCCO1. The van der Waals surface area contributed by atoms with Crippen LogP contribution >= 0.6 is 11.3 Å². The van der Waals surface area contributed by atoms with Crippen molar-refractivity contribution in [1.29, 1.82) is 0 Å². The highest BCUT2D eigenvalue weighted by molar-refractivity contribution is 7.14. The van der Waals surface area contributed by atoms with E-state index in [1.165, 1.54) is 28.9 Å². The van der Waals surface area contributed by atoms with Gasteiger partial charge in [-0.05, 0) is 38.3 Å². The van der Waals surface area contributed by atoms with Crippen LogP contribution in [-0.2, 0) is 17.8 Å². The number of hydrogen-bond donors (Lipinski definition) is 1. The van der Waals surface area contributed by atoms with E-state index in [1.54, 1.807) is 11.3 Å². The summed E-state index contributed by atoms with van der Waals surface area (Å²) in [5, 5.41) is 6.54. The molecule has 4 rings (SSSR count). The molecule has 26 heavy (non-hydrogen) atoms. The molecule has 0 bridgehead atoms. The summed E-state index contributed by atoms with van der Waals surface area (Å²) < 4.78 is 8.19. The first-order valence-corrected chi connectivity index (χ1v) is 10.1. The van der Waals surface area contributed by atoms with E-state index in [9.17, 15) is 0 Å². The molecule has 0 spiro atoms. The second-order valence-electron chi connectivity index (χ2n) is 6.91. The summed E-state index contributed by atoms with van der Waals surface area (Å²) in [6.45, 7) is 7.01. The van der Waals surface area contributed by atoms with Crippen molar-refractivity contribution in [3.63, 3.8) is 0 Å².